The van der Waals surface area contributed by atoms with Crippen molar-refractivity contribution in [2.45, 2.75) is 64.7 Å². The van der Waals surface area contributed by atoms with Gasteiger partial charge in [0.2, 0.25) is 5.91 Å². The predicted molar refractivity (Wildman–Crippen MR) is 69.9 cm³/mol. The lowest BCUT2D eigenvalue weighted by Crippen LogP contribution is -2.23. The highest BCUT2D eigenvalue weighted by Crippen LogP contribution is 2.14. The molecule has 0 aliphatic heterocycles. The van der Waals surface area contributed by atoms with Crippen LogP contribution in [0, 0.1) is 0 Å². The van der Waals surface area contributed by atoms with E-state index >= 15 is 0 Å². The SMILES string of the molecule is CCC(=O)NCCCCCC[Si](C)(C)C. The molecule has 0 aromatic rings. The molecular formula is C12H27NOSi. The molecule has 0 saturated heterocycles. The average Bonchev–Trinajstić information content (AvgIpc) is 2.14. The van der Waals surface area contributed by atoms with Crippen LogP contribution in [0.15, 0.2) is 0 Å². The van der Waals surface area contributed by atoms with Gasteiger partial charge in [-0.3, -0.25) is 4.79 Å². The third-order valence-corrected chi connectivity index (χ3v) is 4.35. The summed E-state index contributed by atoms with van der Waals surface area (Å²) >= 11 is 0. The van der Waals surface area contributed by atoms with Crippen molar-refractivity contribution in [2.24, 2.45) is 0 Å². The maximum absolute atomic E-state index is 10.9. The lowest BCUT2D eigenvalue weighted by Gasteiger charge is -2.14. The maximum Gasteiger partial charge on any atom is 0.219 e. The molecule has 0 aromatic carbocycles. The molecule has 1 amide bonds. The van der Waals surface area contributed by atoms with Crippen molar-refractivity contribution in [3.05, 3.63) is 0 Å². The number of hydrogen-bond donors (Lipinski definition) is 1. The van der Waals surface area contributed by atoms with Crippen LogP contribution in [-0.2, 0) is 4.79 Å². The molecule has 0 bridgehead atoms. The van der Waals surface area contributed by atoms with E-state index in [-0.39, 0.29) is 5.91 Å². The van der Waals surface area contributed by atoms with Crippen LogP contribution < -0.4 is 5.32 Å². The summed E-state index contributed by atoms with van der Waals surface area (Å²) in [5.41, 5.74) is 0. The fraction of sp³-hybridized carbons (Fsp3) is 0.917. The molecule has 0 saturated carbocycles. The van der Waals surface area contributed by atoms with Crippen molar-refractivity contribution in [2.75, 3.05) is 6.54 Å². The first kappa shape index (κ1) is 14.7. The quantitative estimate of drug-likeness (QED) is 0.501. The number of hydrogen-bond acceptors (Lipinski definition) is 1. The second-order valence-electron chi connectivity index (χ2n) is 5.43. The number of unbranched alkanes of at least 4 members (excludes halogenated alkanes) is 3. The number of carbonyl (C=O) groups is 1. The minimum atomic E-state index is -0.819. The molecule has 0 spiro atoms. The van der Waals surface area contributed by atoms with Gasteiger partial charge >= 0.3 is 0 Å². The van der Waals surface area contributed by atoms with Gasteiger partial charge in [0.15, 0.2) is 0 Å². The van der Waals surface area contributed by atoms with Gasteiger partial charge in [-0.2, -0.15) is 0 Å². The van der Waals surface area contributed by atoms with Gasteiger partial charge in [0.25, 0.3) is 0 Å². The third-order valence-electron chi connectivity index (χ3n) is 2.50. The molecule has 0 atom stereocenters. The zero-order chi connectivity index (χ0) is 11.7. The molecule has 90 valence electrons. The lowest BCUT2D eigenvalue weighted by atomic mass is 10.2. The smallest absolute Gasteiger partial charge is 0.219 e. The van der Waals surface area contributed by atoms with Crippen LogP contribution >= 0.6 is 0 Å². The van der Waals surface area contributed by atoms with Gasteiger partial charge < -0.3 is 5.32 Å². The molecule has 2 nitrogen and oxygen atoms in total. The molecule has 0 aliphatic carbocycles. The van der Waals surface area contributed by atoms with E-state index in [4.69, 9.17) is 0 Å². The molecule has 0 aliphatic rings. The van der Waals surface area contributed by atoms with E-state index in [2.05, 4.69) is 25.0 Å². The first-order chi connectivity index (χ1) is 6.95. The van der Waals surface area contributed by atoms with Crippen molar-refractivity contribution in [3.63, 3.8) is 0 Å². The van der Waals surface area contributed by atoms with E-state index in [1.165, 1.54) is 25.3 Å². The number of carbonyl (C=O) groups excluding carboxylic acids is 1. The molecule has 15 heavy (non-hydrogen) atoms. The molecule has 1 N–H and O–H groups in total. The molecule has 0 heterocycles. The van der Waals surface area contributed by atoms with Crippen LogP contribution in [0.4, 0.5) is 0 Å². The normalized spacial score (nSPS) is 11.5. The van der Waals surface area contributed by atoms with E-state index in [0.29, 0.717) is 6.42 Å². The van der Waals surface area contributed by atoms with Crippen LogP contribution in [0.2, 0.25) is 25.7 Å². The Balaban J connectivity index is 3.16. The lowest BCUT2D eigenvalue weighted by molar-refractivity contribution is -0.120. The zero-order valence-corrected chi connectivity index (χ0v) is 11.9. The summed E-state index contributed by atoms with van der Waals surface area (Å²) in [6.45, 7) is 10.0. The summed E-state index contributed by atoms with van der Waals surface area (Å²) in [4.78, 5) is 10.9. The second kappa shape index (κ2) is 7.91. The Kier molecular flexibility index (Phi) is 7.75. The molecule has 0 radical (unpaired) electrons. The van der Waals surface area contributed by atoms with E-state index in [1.54, 1.807) is 0 Å². The number of nitrogens with one attached hydrogen (secondary N) is 1. The standard InChI is InChI=1S/C12H27NOSi/c1-5-12(14)13-10-8-6-7-9-11-15(2,3)4/h5-11H2,1-4H3,(H,13,14). The number of rotatable bonds is 8. The fourth-order valence-electron chi connectivity index (χ4n) is 1.49. The van der Waals surface area contributed by atoms with Crippen molar-refractivity contribution in [3.8, 4) is 0 Å². The van der Waals surface area contributed by atoms with Crippen LogP contribution in [0.5, 0.6) is 0 Å². The molecule has 3 heteroatoms. The third kappa shape index (κ3) is 11.6. The highest BCUT2D eigenvalue weighted by molar-refractivity contribution is 6.76. The fourth-order valence-corrected chi connectivity index (χ4v) is 2.80. The summed E-state index contributed by atoms with van der Waals surface area (Å²) in [6.07, 6.45) is 5.70. The van der Waals surface area contributed by atoms with Gasteiger partial charge in [-0.15, -0.1) is 0 Å². The van der Waals surface area contributed by atoms with Gasteiger partial charge in [0.1, 0.15) is 0 Å². The van der Waals surface area contributed by atoms with Crippen LogP contribution in [0.1, 0.15) is 39.0 Å². The monoisotopic (exact) mass is 229 g/mol. The van der Waals surface area contributed by atoms with Gasteiger partial charge in [0.05, 0.1) is 0 Å². The van der Waals surface area contributed by atoms with Gasteiger partial charge in [-0.1, -0.05) is 51.9 Å². The minimum absolute atomic E-state index is 0.178. The van der Waals surface area contributed by atoms with E-state index in [1.807, 2.05) is 6.92 Å². The van der Waals surface area contributed by atoms with Gasteiger partial charge in [-0.05, 0) is 6.42 Å². The van der Waals surface area contributed by atoms with Crippen molar-refractivity contribution < 1.29 is 4.79 Å². The van der Waals surface area contributed by atoms with Crippen LogP contribution in [0.25, 0.3) is 0 Å². The topological polar surface area (TPSA) is 29.1 Å². The molecule has 0 aromatic heterocycles. The number of amides is 1. The van der Waals surface area contributed by atoms with Crippen LogP contribution in [0.3, 0.4) is 0 Å². The Hall–Kier alpha value is -0.313. The Morgan fingerprint density at radius 2 is 1.67 bits per heavy atom. The summed E-state index contributed by atoms with van der Waals surface area (Å²) in [5.74, 6) is 0.178. The molecule has 0 unspecified atom stereocenters. The minimum Gasteiger partial charge on any atom is -0.356 e. The first-order valence-corrected chi connectivity index (χ1v) is 9.93. The zero-order valence-electron chi connectivity index (χ0n) is 10.9. The molecular weight excluding hydrogens is 202 g/mol. The Morgan fingerprint density at radius 1 is 1.07 bits per heavy atom. The van der Waals surface area contributed by atoms with Gasteiger partial charge in [0, 0.05) is 21.0 Å². The van der Waals surface area contributed by atoms with Crippen molar-refractivity contribution >= 4 is 14.0 Å². The van der Waals surface area contributed by atoms with Crippen LogP contribution in [-0.4, -0.2) is 20.5 Å². The molecule has 0 fully saturated rings. The van der Waals surface area contributed by atoms with Crippen molar-refractivity contribution in [1.82, 2.24) is 5.32 Å². The summed E-state index contributed by atoms with van der Waals surface area (Å²) in [5, 5.41) is 2.91. The maximum atomic E-state index is 10.9. The highest BCUT2D eigenvalue weighted by atomic mass is 28.3. The van der Waals surface area contributed by atoms with E-state index in [9.17, 15) is 4.79 Å². The summed E-state index contributed by atoms with van der Waals surface area (Å²) in [7, 11) is -0.819. The Morgan fingerprint density at radius 3 is 2.20 bits per heavy atom. The molecule has 0 rings (SSSR count). The first-order valence-electron chi connectivity index (χ1n) is 6.22. The Bertz CT molecular complexity index is 175. The second-order valence-corrected chi connectivity index (χ2v) is 11.0. The summed E-state index contributed by atoms with van der Waals surface area (Å²) < 4.78 is 0. The highest BCUT2D eigenvalue weighted by Gasteiger charge is 2.11. The van der Waals surface area contributed by atoms with Crippen molar-refractivity contribution in [1.29, 1.82) is 0 Å². The predicted octanol–water partition coefficient (Wildman–Crippen LogP) is 3.41. The van der Waals surface area contributed by atoms with E-state index in [0.717, 1.165) is 13.0 Å². The van der Waals surface area contributed by atoms with Gasteiger partial charge in [-0.25, -0.2) is 0 Å². The Labute approximate surface area is 95.8 Å². The van der Waals surface area contributed by atoms with E-state index < -0.39 is 8.07 Å². The largest absolute Gasteiger partial charge is 0.356 e. The summed E-state index contributed by atoms with van der Waals surface area (Å²) in [6, 6.07) is 1.44. The average molecular weight is 229 g/mol.